The Morgan fingerprint density at radius 3 is 2.91 bits per heavy atom. The predicted molar refractivity (Wildman–Crippen MR) is 75.7 cm³/mol. The highest BCUT2D eigenvalue weighted by molar-refractivity contribution is 6.05. The van der Waals surface area contributed by atoms with E-state index in [-0.39, 0.29) is 41.9 Å². The summed E-state index contributed by atoms with van der Waals surface area (Å²) in [6.07, 6.45) is 2.30. The zero-order chi connectivity index (χ0) is 15.7. The van der Waals surface area contributed by atoms with Gasteiger partial charge in [0.05, 0.1) is 5.56 Å². The van der Waals surface area contributed by atoms with Crippen molar-refractivity contribution in [2.75, 3.05) is 18.4 Å². The van der Waals surface area contributed by atoms with Gasteiger partial charge in [-0.1, -0.05) is 0 Å². The standard InChI is InChI=1S/C13H14F2N6O/c14-13(15)2-4-17-5-8(13)21-12-10-9(19-6-20-12)7(11(16)22)1-3-18-10/h1,3,6,8,17H,2,4-5H2,(H2,16,22)(H,19,20,21)/t8-/m1/s1. The van der Waals surface area contributed by atoms with Gasteiger partial charge in [-0.25, -0.2) is 18.7 Å². The minimum Gasteiger partial charge on any atom is -0.366 e. The van der Waals surface area contributed by atoms with Gasteiger partial charge in [0, 0.05) is 25.7 Å². The number of piperidine rings is 1. The molecule has 3 rings (SSSR count). The lowest BCUT2D eigenvalue weighted by Crippen LogP contribution is -2.52. The Hall–Kier alpha value is -2.42. The number of anilines is 1. The fraction of sp³-hybridized carbons (Fsp3) is 0.385. The van der Waals surface area contributed by atoms with Crippen LogP contribution in [0.1, 0.15) is 16.8 Å². The smallest absolute Gasteiger partial charge is 0.270 e. The fourth-order valence-corrected chi connectivity index (χ4v) is 2.41. The molecule has 0 bridgehead atoms. The molecule has 1 aliphatic heterocycles. The van der Waals surface area contributed by atoms with Crippen molar-refractivity contribution in [1.29, 1.82) is 0 Å². The van der Waals surface area contributed by atoms with E-state index < -0.39 is 17.9 Å². The van der Waals surface area contributed by atoms with Crippen molar-refractivity contribution < 1.29 is 13.6 Å². The molecule has 1 fully saturated rings. The Morgan fingerprint density at radius 1 is 1.36 bits per heavy atom. The number of carbonyl (C=O) groups excluding carboxylic acids is 1. The second-order valence-corrected chi connectivity index (χ2v) is 5.05. The van der Waals surface area contributed by atoms with E-state index in [4.69, 9.17) is 5.73 Å². The molecule has 0 spiro atoms. The molecule has 0 unspecified atom stereocenters. The molecule has 116 valence electrons. The number of pyridine rings is 1. The number of carbonyl (C=O) groups is 1. The first-order valence-corrected chi connectivity index (χ1v) is 6.73. The molecule has 4 N–H and O–H groups in total. The molecule has 2 aromatic heterocycles. The summed E-state index contributed by atoms with van der Waals surface area (Å²) in [5.41, 5.74) is 5.92. The summed E-state index contributed by atoms with van der Waals surface area (Å²) >= 11 is 0. The van der Waals surface area contributed by atoms with E-state index in [1.807, 2.05) is 0 Å². The number of aromatic nitrogens is 3. The molecule has 22 heavy (non-hydrogen) atoms. The van der Waals surface area contributed by atoms with Gasteiger partial charge in [-0.3, -0.25) is 9.78 Å². The topological polar surface area (TPSA) is 106 Å². The number of alkyl halides is 2. The van der Waals surface area contributed by atoms with Crippen molar-refractivity contribution in [3.8, 4) is 0 Å². The van der Waals surface area contributed by atoms with Crippen LogP contribution in [0.15, 0.2) is 18.6 Å². The van der Waals surface area contributed by atoms with E-state index in [0.29, 0.717) is 0 Å². The average molecular weight is 308 g/mol. The molecular weight excluding hydrogens is 294 g/mol. The fourth-order valence-electron chi connectivity index (χ4n) is 2.41. The maximum atomic E-state index is 13.9. The number of halogens is 2. The van der Waals surface area contributed by atoms with Gasteiger partial charge in [-0.2, -0.15) is 0 Å². The number of rotatable bonds is 3. The number of hydrogen-bond acceptors (Lipinski definition) is 6. The van der Waals surface area contributed by atoms with Crippen LogP contribution in [-0.2, 0) is 0 Å². The highest BCUT2D eigenvalue weighted by atomic mass is 19.3. The quantitative estimate of drug-likeness (QED) is 0.764. The Labute approximate surface area is 124 Å². The van der Waals surface area contributed by atoms with Crippen molar-refractivity contribution in [2.24, 2.45) is 5.73 Å². The summed E-state index contributed by atoms with van der Waals surface area (Å²) in [6.45, 7) is 0.369. The van der Waals surface area contributed by atoms with Crippen LogP contribution in [0.3, 0.4) is 0 Å². The molecule has 1 amide bonds. The van der Waals surface area contributed by atoms with Gasteiger partial charge in [0.25, 0.3) is 11.8 Å². The van der Waals surface area contributed by atoms with Crippen molar-refractivity contribution >= 4 is 22.8 Å². The van der Waals surface area contributed by atoms with Gasteiger partial charge in [0.15, 0.2) is 5.82 Å². The van der Waals surface area contributed by atoms with Crippen molar-refractivity contribution in [2.45, 2.75) is 18.4 Å². The molecule has 1 saturated heterocycles. The monoisotopic (exact) mass is 308 g/mol. The zero-order valence-electron chi connectivity index (χ0n) is 11.5. The van der Waals surface area contributed by atoms with Gasteiger partial charge >= 0.3 is 0 Å². The summed E-state index contributed by atoms with van der Waals surface area (Å²) in [7, 11) is 0. The van der Waals surface area contributed by atoms with Crippen LogP contribution in [-0.4, -0.2) is 45.9 Å². The number of nitrogens with two attached hydrogens (primary N) is 1. The summed E-state index contributed by atoms with van der Waals surface area (Å²) in [5, 5.41) is 5.61. The Morgan fingerprint density at radius 2 is 2.18 bits per heavy atom. The average Bonchev–Trinajstić information content (AvgIpc) is 2.49. The first kappa shape index (κ1) is 14.5. The molecule has 0 radical (unpaired) electrons. The lowest BCUT2D eigenvalue weighted by atomic mass is 10.0. The normalized spacial score (nSPS) is 20.7. The van der Waals surface area contributed by atoms with Crippen LogP contribution in [0.2, 0.25) is 0 Å². The van der Waals surface area contributed by atoms with Gasteiger partial charge in [0.2, 0.25) is 0 Å². The van der Waals surface area contributed by atoms with Crippen LogP contribution in [0.25, 0.3) is 11.0 Å². The van der Waals surface area contributed by atoms with Crippen molar-refractivity contribution in [3.63, 3.8) is 0 Å². The highest BCUT2D eigenvalue weighted by Crippen LogP contribution is 2.29. The molecule has 0 aliphatic carbocycles. The third kappa shape index (κ3) is 2.54. The van der Waals surface area contributed by atoms with Crippen LogP contribution < -0.4 is 16.4 Å². The minimum absolute atomic E-state index is 0.105. The molecule has 2 aromatic rings. The number of amides is 1. The van der Waals surface area contributed by atoms with Crippen LogP contribution in [0.5, 0.6) is 0 Å². The molecule has 9 heteroatoms. The van der Waals surface area contributed by atoms with Crippen molar-refractivity contribution in [3.05, 3.63) is 24.2 Å². The molecular formula is C13H14F2N6O. The van der Waals surface area contributed by atoms with Gasteiger partial charge < -0.3 is 16.4 Å². The molecule has 1 atom stereocenters. The van der Waals surface area contributed by atoms with Gasteiger partial charge in [0.1, 0.15) is 23.4 Å². The maximum absolute atomic E-state index is 13.9. The van der Waals surface area contributed by atoms with Crippen LogP contribution >= 0.6 is 0 Å². The van der Waals surface area contributed by atoms with E-state index in [0.717, 1.165) is 0 Å². The Balaban J connectivity index is 2.01. The number of hydrogen-bond donors (Lipinski definition) is 3. The summed E-state index contributed by atoms with van der Waals surface area (Å²) in [6, 6.07) is 0.316. The minimum atomic E-state index is -2.86. The Bertz CT molecular complexity index is 723. The molecule has 7 nitrogen and oxygen atoms in total. The molecule has 3 heterocycles. The number of primary amides is 1. The molecule has 1 aliphatic rings. The first-order valence-electron chi connectivity index (χ1n) is 6.73. The predicted octanol–water partition coefficient (Wildman–Crippen LogP) is 0.533. The van der Waals surface area contributed by atoms with Crippen LogP contribution in [0.4, 0.5) is 14.6 Å². The largest absolute Gasteiger partial charge is 0.366 e. The lowest BCUT2D eigenvalue weighted by Gasteiger charge is -2.32. The van der Waals surface area contributed by atoms with Gasteiger partial charge in [-0.15, -0.1) is 0 Å². The second kappa shape index (κ2) is 5.41. The van der Waals surface area contributed by atoms with Gasteiger partial charge in [-0.05, 0) is 6.07 Å². The molecule has 0 aromatic carbocycles. The van der Waals surface area contributed by atoms with E-state index in [9.17, 15) is 13.6 Å². The maximum Gasteiger partial charge on any atom is 0.270 e. The highest BCUT2D eigenvalue weighted by Gasteiger charge is 2.42. The summed E-state index contributed by atoms with van der Waals surface area (Å²) in [4.78, 5) is 23.4. The SMILES string of the molecule is NC(=O)c1ccnc2c(N[C@@H]3CNCCC3(F)F)ncnc12. The van der Waals surface area contributed by atoms with E-state index in [2.05, 4.69) is 25.6 Å². The first-order chi connectivity index (χ1) is 10.5. The number of nitrogens with one attached hydrogen (secondary N) is 2. The Kier molecular flexibility index (Phi) is 3.57. The lowest BCUT2D eigenvalue weighted by molar-refractivity contribution is -0.0384. The number of nitrogens with zero attached hydrogens (tertiary/aromatic N) is 3. The third-order valence-corrected chi connectivity index (χ3v) is 3.59. The second-order valence-electron chi connectivity index (χ2n) is 5.05. The zero-order valence-corrected chi connectivity index (χ0v) is 11.5. The number of fused-ring (bicyclic) bond motifs is 1. The van der Waals surface area contributed by atoms with Crippen LogP contribution in [0, 0.1) is 0 Å². The van der Waals surface area contributed by atoms with E-state index in [1.54, 1.807) is 0 Å². The van der Waals surface area contributed by atoms with E-state index in [1.165, 1.54) is 18.6 Å². The summed E-state index contributed by atoms with van der Waals surface area (Å²) in [5.74, 6) is -3.37. The molecule has 0 saturated carbocycles. The van der Waals surface area contributed by atoms with Crippen molar-refractivity contribution in [1.82, 2.24) is 20.3 Å². The summed E-state index contributed by atoms with van der Waals surface area (Å²) < 4.78 is 27.8. The van der Waals surface area contributed by atoms with E-state index >= 15 is 0 Å². The third-order valence-electron chi connectivity index (χ3n) is 3.59.